The van der Waals surface area contributed by atoms with Crippen molar-refractivity contribution in [3.05, 3.63) is 65.6 Å². The van der Waals surface area contributed by atoms with Crippen LogP contribution < -0.4 is 9.47 Å². The third-order valence-corrected chi connectivity index (χ3v) is 5.66. The van der Waals surface area contributed by atoms with Crippen LogP contribution in [0.25, 0.3) is 10.9 Å². The SMILES string of the molecule is COc1ccc(C(=O)C2CCCN(Cc3ccc4cccc(F)c4n3)C2)c(OC)c1. The Balaban J connectivity index is 1.50. The zero-order valence-corrected chi connectivity index (χ0v) is 17.2. The minimum absolute atomic E-state index is 0.0803. The van der Waals surface area contributed by atoms with Gasteiger partial charge in [0.1, 0.15) is 22.8 Å². The Bertz CT molecular complexity index is 1070. The van der Waals surface area contributed by atoms with Crippen LogP contribution in [0.5, 0.6) is 11.5 Å². The maximum atomic E-state index is 14.1. The van der Waals surface area contributed by atoms with Gasteiger partial charge in [0.15, 0.2) is 5.78 Å². The minimum atomic E-state index is -0.312. The molecule has 1 aliphatic heterocycles. The van der Waals surface area contributed by atoms with Gasteiger partial charge in [0, 0.05) is 30.5 Å². The van der Waals surface area contributed by atoms with E-state index in [9.17, 15) is 9.18 Å². The van der Waals surface area contributed by atoms with Crippen LogP contribution in [-0.2, 0) is 6.54 Å². The highest BCUT2D eigenvalue weighted by atomic mass is 19.1. The number of aromatic nitrogens is 1. The van der Waals surface area contributed by atoms with Crippen LogP contribution in [0.2, 0.25) is 0 Å². The number of carbonyl (C=O) groups excluding carboxylic acids is 1. The Morgan fingerprint density at radius 2 is 2.03 bits per heavy atom. The topological polar surface area (TPSA) is 51.7 Å². The molecule has 0 saturated carbocycles. The lowest BCUT2D eigenvalue weighted by Crippen LogP contribution is -2.38. The number of pyridine rings is 1. The Hall–Kier alpha value is -2.99. The van der Waals surface area contributed by atoms with Crippen molar-refractivity contribution in [2.45, 2.75) is 19.4 Å². The van der Waals surface area contributed by atoms with Crippen molar-refractivity contribution in [2.75, 3.05) is 27.3 Å². The van der Waals surface area contributed by atoms with Gasteiger partial charge in [-0.2, -0.15) is 0 Å². The van der Waals surface area contributed by atoms with E-state index in [4.69, 9.17) is 9.47 Å². The van der Waals surface area contributed by atoms with Gasteiger partial charge >= 0.3 is 0 Å². The summed E-state index contributed by atoms with van der Waals surface area (Å²) in [7, 11) is 3.14. The summed E-state index contributed by atoms with van der Waals surface area (Å²) in [5, 5.41) is 0.789. The first-order chi connectivity index (χ1) is 14.6. The maximum Gasteiger partial charge on any atom is 0.170 e. The van der Waals surface area contributed by atoms with Gasteiger partial charge in [-0.1, -0.05) is 18.2 Å². The summed E-state index contributed by atoms with van der Waals surface area (Å²) in [6, 6.07) is 14.1. The summed E-state index contributed by atoms with van der Waals surface area (Å²) in [5.41, 5.74) is 1.78. The van der Waals surface area contributed by atoms with Gasteiger partial charge in [-0.15, -0.1) is 0 Å². The van der Waals surface area contributed by atoms with Crippen molar-refractivity contribution < 1.29 is 18.7 Å². The van der Waals surface area contributed by atoms with Crippen LogP contribution in [0.3, 0.4) is 0 Å². The largest absolute Gasteiger partial charge is 0.497 e. The number of hydrogen-bond acceptors (Lipinski definition) is 5. The molecule has 0 spiro atoms. The molecule has 156 valence electrons. The second-order valence-electron chi connectivity index (χ2n) is 7.62. The highest BCUT2D eigenvalue weighted by molar-refractivity contribution is 6.00. The number of halogens is 1. The quantitative estimate of drug-likeness (QED) is 0.563. The summed E-state index contributed by atoms with van der Waals surface area (Å²) < 4.78 is 24.7. The van der Waals surface area contributed by atoms with Gasteiger partial charge in [0.25, 0.3) is 0 Å². The molecule has 6 heteroatoms. The maximum absolute atomic E-state index is 14.1. The number of fused-ring (bicyclic) bond motifs is 1. The summed E-state index contributed by atoms with van der Waals surface area (Å²) >= 11 is 0. The molecule has 0 radical (unpaired) electrons. The van der Waals surface area contributed by atoms with E-state index in [1.165, 1.54) is 6.07 Å². The van der Waals surface area contributed by atoms with Crippen molar-refractivity contribution in [1.82, 2.24) is 9.88 Å². The molecule has 1 aromatic heterocycles. The standard InChI is InChI=1S/C24H25FN2O3/c1-29-19-10-11-20(22(13-19)30-2)24(28)17-6-4-12-27(14-17)15-18-9-8-16-5-3-7-21(25)23(16)26-18/h3,5,7-11,13,17H,4,6,12,14-15H2,1-2H3. The lowest BCUT2D eigenvalue weighted by atomic mass is 9.89. The Kier molecular flexibility index (Phi) is 5.95. The molecule has 4 rings (SSSR count). The van der Waals surface area contributed by atoms with Crippen molar-refractivity contribution in [3.8, 4) is 11.5 Å². The normalized spacial score (nSPS) is 17.1. The monoisotopic (exact) mass is 408 g/mol. The fraction of sp³-hybridized carbons (Fsp3) is 0.333. The molecule has 2 heterocycles. The van der Waals surface area contributed by atoms with Gasteiger partial charge in [-0.05, 0) is 43.7 Å². The molecule has 0 N–H and O–H groups in total. The van der Waals surface area contributed by atoms with Crippen molar-refractivity contribution >= 4 is 16.7 Å². The van der Waals surface area contributed by atoms with Crippen molar-refractivity contribution in [3.63, 3.8) is 0 Å². The van der Waals surface area contributed by atoms with E-state index >= 15 is 0 Å². The third-order valence-electron chi connectivity index (χ3n) is 5.66. The van der Waals surface area contributed by atoms with Crippen LogP contribution in [-0.4, -0.2) is 43.0 Å². The fourth-order valence-corrected chi connectivity index (χ4v) is 4.10. The number of Topliss-reactive ketones (excluding diaryl/α,β-unsaturated/α-hetero) is 1. The molecule has 1 aliphatic rings. The number of methoxy groups -OCH3 is 2. The van der Waals surface area contributed by atoms with E-state index in [0.29, 0.717) is 35.7 Å². The molecule has 5 nitrogen and oxygen atoms in total. The van der Waals surface area contributed by atoms with Crippen LogP contribution in [0.1, 0.15) is 28.9 Å². The van der Waals surface area contributed by atoms with Gasteiger partial charge < -0.3 is 9.47 Å². The van der Waals surface area contributed by atoms with Crippen LogP contribution in [0, 0.1) is 11.7 Å². The Morgan fingerprint density at radius 1 is 1.17 bits per heavy atom. The molecule has 0 amide bonds. The molecule has 1 saturated heterocycles. The third kappa shape index (κ3) is 4.14. The second-order valence-corrected chi connectivity index (χ2v) is 7.62. The second kappa shape index (κ2) is 8.79. The van der Waals surface area contributed by atoms with E-state index in [1.807, 2.05) is 18.2 Å². The summed E-state index contributed by atoms with van der Waals surface area (Å²) in [6.45, 7) is 2.12. The van der Waals surface area contributed by atoms with Gasteiger partial charge in [-0.3, -0.25) is 9.69 Å². The highest BCUT2D eigenvalue weighted by Crippen LogP contribution is 2.30. The molecule has 0 aliphatic carbocycles. The number of nitrogens with zero attached hydrogens (tertiary/aromatic N) is 2. The van der Waals surface area contributed by atoms with Crippen LogP contribution in [0.4, 0.5) is 4.39 Å². The highest BCUT2D eigenvalue weighted by Gasteiger charge is 2.28. The summed E-state index contributed by atoms with van der Waals surface area (Å²) in [6.07, 6.45) is 1.76. The molecule has 1 atom stereocenters. The molecule has 30 heavy (non-hydrogen) atoms. The van der Waals surface area contributed by atoms with Crippen LogP contribution in [0.15, 0.2) is 48.5 Å². The average Bonchev–Trinajstić information content (AvgIpc) is 2.79. The predicted octanol–water partition coefficient (Wildman–Crippen LogP) is 4.49. The lowest BCUT2D eigenvalue weighted by Gasteiger charge is -2.32. The Labute approximate surface area is 175 Å². The lowest BCUT2D eigenvalue weighted by molar-refractivity contribution is 0.0807. The molecule has 0 bridgehead atoms. The predicted molar refractivity (Wildman–Crippen MR) is 114 cm³/mol. The first kappa shape index (κ1) is 20.3. The summed E-state index contributed by atoms with van der Waals surface area (Å²) in [4.78, 5) is 19.9. The van der Waals surface area contributed by atoms with E-state index in [1.54, 1.807) is 38.5 Å². The molecular formula is C24H25FN2O3. The molecule has 2 aromatic carbocycles. The number of ether oxygens (including phenoxy) is 2. The molecule has 1 unspecified atom stereocenters. The zero-order valence-electron chi connectivity index (χ0n) is 17.2. The number of ketones is 1. The number of para-hydroxylation sites is 1. The van der Waals surface area contributed by atoms with Gasteiger partial charge in [0.05, 0.1) is 25.5 Å². The van der Waals surface area contributed by atoms with E-state index < -0.39 is 0 Å². The number of benzene rings is 2. The first-order valence-electron chi connectivity index (χ1n) is 10.1. The number of rotatable bonds is 6. The van der Waals surface area contributed by atoms with E-state index in [2.05, 4.69) is 9.88 Å². The van der Waals surface area contributed by atoms with Gasteiger partial charge in [0.2, 0.25) is 0 Å². The number of likely N-dealkylation sites (tertiary alicyclic amines) is 1. The zero-order chi connectivity index (χ0) is 21.1. The minimum Gasteiger partial charge on any atom is -0.497 e. The molecular weight excluding hydrogens is 383 g/mol. The number of hydrogen-bond donors (Lipinski definition) is 0. The first-order valence-corrected chi connectivity index (χ1v) is 10.1. The van der Waals surface area contributed by atoms with Gasteiger partial charge in [-0.25, -0.2) is 9.37 Å². The number of piperidine rings is 1. The van der Waals surface area contributed by atoms with Crippen molar-refractivity contribution in [1.29, 1.82) is 0 Å². The molecule has 3 aromatic rings. The smallest absolute Gasteiger partial charge is 0.170 e. The Morgan fingerprint density at radius 3 is 2.83 bits per heavy atom. The fourth-order valence-electron chi connectivity index (χ4n) is 4.10. The van der Waals surface area contributed by atoms with E-state index in [0.717, 1.165) is 30.5 Å². The van der Waals surface area contributed by atoms with Crippen LogP contribution >= 0.6 is 0 Å². The molecule has 1 fully saturated rings. The van der Waals surface area contributed by atoms with Crippen molar-refractivity contribution in [2.24, 2.45) is 5.92 Å². The van der Waals surface area contributed by atoms with E-state index in [-0.39, 0.29) is 17.5 Å². The number of carbonyl (C=O) groups is 1. The summed E-state index contributed by atoms with van der Waals surface area (Å²) in [5.74, 6) is 0.842. The average molecular weight is 408 g/mol.